The second-order valence-electron chi connectivity index (χ2n) is 13.5. The molecule has 2 aliphatic heterocycles. The number of H-pyrrole nitrogens is 1. The lowest BCUT2D eigenvalue weighted by molar-refractivity contribution is -0.164. The van der Waals surface area contributed by atoms with Crippen LogP contribution in [0.1, 0.15) is 51.7 Å². The van der Waals surface area contributed by atoms with Crippen LogP contribution in [0, 0.1) is 11.8 Å². The fourth-order valence-electron chi connectivity index (χ4n) is 6.97. The van der Waals surface area contributed by atoms with Crippen molar-refractivity contribution < 1.29 is 24.3 Å². The molecule has 5 rings (SSSR count). The fraction of sp³-hybridized carbons (Fsp3) is 0.500. The summed E-state index contributed by atoms with van der Waals surface area (Å²) in [4.78, 5) is 63.4. The van der Waals surface area contributed by atoms with E-state index in [1.807, 2.05) is 88.5 Å². The first-order valence-electron chi connectivity index (χ1n) is 16.5. The topological polar surface area (TPSA) is 126 Å². The predicted octanol–water partition coefficient (Wildman–Crippen LogP) is 3.71. The molecule has 10 heteroatoms. The van der Waals surface area contributed by atoms with Crippen molar-refractivity contribution in [1.29, 1.82) is 0 Å². The Morgan fingerprint density at radius 1 is 0.870 bits per heavy atom. The zero-order valence-corrected chi connectivity index (χ0v) is 27.3. The Balaban J connectivity index is 1.48. The summed E-state index contributed by atoms with van der Waals surface area (Å²) in [6.07, 6.45) is 3.44. The van der Waals surface area contributed by atoms with Crippen LogP contribution in [0.4, 0.5) is 0 Å². The summed E-state index contributed by atoms with van der Waals surface area (Å²) in [6.45, 7) is 9.12. The minimum atomic E-state index is -1.03. The molecule has 246 valence electrons. The van der Waals surface area contributed by atoms with Gasteiger partial charge in [-0.05, 0) is 48.3 Å². The Morgan fingerprint density at radius 2 is 1.57 bits per heavy atom. The Labute approximate surface area is 271 Å². The summed E-state index contributed by atoms with van der Waals surface area (Å²) in [7, 11) is 0. The summed E-state index contributed by atoms with van der Waals surface area (Å²) in [5.74, 6) is -1.60. The number of hydrogen-bond acceptors (Lipinski definition) is 5. The number of hydrogen-bond donors (Lipinski definition) is 3. The lowest BCUT2D eigenvalue weighted by Crippen LogP contribution is -2.67. The number of nitrogens with zero attached hydrogens (tertiary/aromatic N) is 3. The van der Waals surface area contributed by atoms with Crippen molar-refractivity contribution in [3.05, 3.63) is 71.9 Å². The molecule has 4 unspecified atom stereocenters. The fourth-order valence-corrected chi connectivity index (χ4v) is 6.97. The third-order valence-electron chi connectivity index (χ3n) is 9.22. The highest BCUT2D eigenvalue weighted by molar-refractivity contribution is 5.96. The quantitative estimate of drug-likeness (QED) is 0.281. The molecule has 3 amide bonds. The van der Waals surface area contributed by atoms with Crippen LogP contribution in [0.25, 0.3) is 10.9 Å². The molecule has 4 atom stereocenters. The van der Waals surface area contributed by atoms with Crippen molar-refractivity contribution in [3.8, 4) is 0 Å². The average Bonchev–Trinajstić information content (AvgIpc) is 3.43. The number of aromatic amines is 1. The molecule has 2 fully saturated rings. The summed E-state index contributed by atoms with van der Waals surface area (Å²) >= 11 is 0. The van der Waals surface area contributed by atoms with Crippen molar-refractivity contribution in [1.82, 2.24) is 25.0 Å². The Kier molecular flexibility index (Phi) is 10.5. The summed E-state index contributed by atoms with van der Waals surface area (Å²) < 4.78 is 0. The molecule has 0 bridgehead atoms. The van der Waals surface area contributed by atoms with Gasteiger partial charge in [-0.2, -0.15) is 0 Å². The second-order valence-corrected chi connectivity index (χ2v) is 13.5. The molecule has 3 N–H and O–H groups in total. The molecular formula is C36H47N5O5. The van der Waals surface area contributed by atoms with E-state index in [0.717, 1.165) is 22.0 Å². The average molecular weight is 630 g/mol. The van der Waals surface area contributed by atoms with Crippen molar-refractivity contribution in [2.75, 3.05) is 26.2 Å². The second kappa shape index (κ2) is 14.5. The van der Waals surface area contributed by atoms with Crippen LogP contribution in [0.15, 0.2) is 60.8 Å². The molecule has 1 aromatic heterocycles. The van der Waals surface area contributed by atoms with E-state index in [1.54, 1.807) is 9.80 Å². The zero-order chi connectivity index (χ0) is 33.0. The molecule has 0 radical (unpaired) electrons. The van der Waals surface area contributed by atoms with E-state index in [0.29, 0.717) is 38.8 Å². The molecule has 0 spiro atoms. The largest absolute Gasteiger partial charge is 0.480 e. The maximum absolute atomic E-state index is 14.8. The number of carboxylic acid groups (broad SMARTS) is 1. The molecule has 2 aromatic carbocycles. The monoisotopic (exact) mass is 629 g/mol. The smallest absolute Gasteiger partial charge is 0.326 e. The Morgan fingerprint density at radius 3 is 2.26 bits per heavy atom. The number of benzene rings is 2. The van der Waals surface area contributed by atoms with E-state index in [4.69, 9.17) is 0 Å². The molecule has 3 aromatic rings. The number of carbonyl (C=O) groups excluding carboxylic acids is 3. The molecule has 3 heterocycles. The summed E-state index contributed by atoms with van der Waals surface area (Å²) in [5.41, 5.74) is 2.90. The number of aromatic nitrogens is 1. The standard InChI is InChI=1S/C36H47N5O5/c1-23(2)18-30-34(43)41(32(36(45)46)19-24(3)4)17-16-40(30)35(44)31(21-26-22-38-28-13-9-8-12-27(26)28)39-15-14-37-29(33(39)42)20-25-10-6-5-7-11-25/h5-13,22-24,29-32,37-38H,14-21H2,1-4H3,(H,45,46). The van der Waals surface area contributed by atoms with Gasteiger partial charge >= 0.3 is 5.97 Å². The molecule has 0 saturated carbocycles. The van der Waals surface area contributed by atoms with Gasteiger partial charge in [0.2, 0.25) is 17.7 Å². The first-order chi connectivity index (χ1) is 22.0. The van der Waals surface area contributed by atoms with E-state index in [1.165, 1.54) is 4.90 Å². The number of rotatable bonds is 12. The molecular weight excluding hydrogens is 582 g/mol. The van der Waals surface area contributed by atoms with Gasteiger partial charge in [-0.15, -0.1) is 0 Å². The SMILES string of the molecule is CC(C)CC(C(=O)O)N1CCN(C(=O)C(Cc2c[nH]c3ccccc23)N2CCNC(Cc3ccccc3)C2=O)C(CC(C)C)C1=O. The van der Waals surface area contributed by atoms with E-state index in [9.17, 15) is 24.3 Å². The van der Waals surface area contributed by atoms with Gasteiger partial charge in [0.25, 0.3) is 0 Å². The van der Waals surface area contributed by atoms with Gasteiger partial charge in [0, 0.05) is 49.7 Å². The maximum Gasteiger partial charge on any atom is 0.326 e. The highest BCUT2D eigenvalue weighted by atomic mass is 16.4. The number of fused-ring (bicyclic) bond motifs is 1. The van der Waals surface area contributed by atoms with Crippen molar-refractivity contribution in [2.45, 2.75) is 77.5 Å². The van der Waals surface area contributed by atoms with Gasteiger partial charge in [0.1, 0.15) is 18.1 Å². The number of amides is 3. The third-order valence-corrected chi connectivity index (χ3v) is 9.22. The molecule has 0 aliphatic carbocycles. The van der Waals surface area contributed by atoms with Gasteiger partial charge in [-0.3, -0.25) is 14.4 Å². The van der Waals surface area contributed by atoms with E-state index in [-0.39, 0.29) is 42.6 Å². The highest BCUT2D eigenvalue weighted by Gasteiger charge is 2.46. The Bertz CT molecular complexity index is 1540. The molecule has 2 aliphatic rings. The minimum absolute atomic E-state index is 0.0835. The van der Waals surface area contributed by atoms with Crippen LogP contribution >= 0.6 is 0 Å². The van der Waals surface area contributed by atoms with Gasteiger partial charge in [-0.25, -0.2) is 4.79 Å². The molecule has 2 saturated heterocycles. The third kappa shape index (κ3) is 7.28. The van der Waals surface area contributed by atoms with Gasteiger partial charge < -0.3 is 30.1 Å². The zero-order valence-electron chi connectivity index (χ0n) is 27.3. The number of carboxylic acids is 1. The predicted molar refractivity (Wildman–Crippen MR) is 177 cm³/mol. The number of aliphatic carboxylic acids is 1. The Hall–Kier alpha value is -4.18. The lowest BCUT2D eigenvalue weighted by Gasteiger charge is -2.46. The van der Waals surface area contributed by atoms with Crippen LogP contribution in [0.5, 0.6) is 0 Å². The van der Waals surface area contributed by atoms with Crippen LogP contribution in [-0.2, 0) is 32.0 Å². The number of piperazine rings is 2. The first kappa shape index (κ1) is 33.2. The number of nitrogens with one attached hydrogen (secondary N) is 2. The van der Waals surface area contributed by atoms with E-state index < -0.39 is 30.1 Å². The van der Waals surface area contributed by atoms with Gasteiger partial charge in [-0.1, -0.05) is 76.2 Å². The van der Waals surface area contributed by atoms with Gasteiger partial charge in [0.05, 0.1) is 6.04 Å². The number of carbonyl (C=O) groups is 4. The highest BCUT2D eigenvalue weighted by Crippen LogP contribution is 2.28. The van der Waals surface area contributed by atoms with Crippen LogP contribution in [-0.4, -0.2) is 98.8 Å². The lowest BCUT2D eigenvalue weighted by atomic mass is 9.93. The summed E-state index contributed by atoms with van der Waals surface area (Å²) in [5, 5.41) is 14.4. The van der Waals surface area contributed by atoms with Gasteiger partial charge in [0.15, 0.2) is 0 Å². The molecule has 10 nitrogen and oxygen atoms in total. The van der Waals surface area contributed by atoms with E-state index in [2.05, 4.69) is 10.3 Å². The van der Waals surface area contributed by atoms with Crippen LogP contribution < -0.4 is 5.32 Å². The first-order valence-corrected chi connectivity index (χ1v) is 16.5. The van der Waals surface area contributed by atoms with E-state index >= 15 is 0 Å². The van der Waals surface area contributed by atoms with Crippen molar-refractivity contribution in [2.24, 2.45) is 11.8 Å². The molecule has 46 heavy (non-hydrogen) atoms. The van der Waals surface area contributed by atoms with Crippen molar-refractivity contribution >= 4 is 34.6 Å². The normalized spacial score (nSPS) is 20.5. The van der Waals surface area contributed by atoms with Crippen LogP contribution in [0.3, 0.4) is 0 Å². The van der Waals surface area contributed by atoms with Crippen LogP contribution in [0.2, 0.25) is 0 Å². The minimum Gasteiger partial charge on any atom is -0.480 e. The van der Waals surface area contributed by atoms with Crippen molar-refractivity contribution in [3.63, 3.8) is 0 Å². The summed E-state index contributed by atoms with van der Waals surface area (Å²) in [6, 6.07) is 14.7. The number of para-hydroxylation sites is 1. The maximum atomic E-state index is 14.8.